The van der Waals surface area contributed by atoms with Crippen LogP contribution < -0.4 is 4.78 Å². The highest BCUT2D eigenvalue weighted by atomic mass is 79.9. The van der Waals surface area contributed by atoms with E-state index >= 15 is 0 Å². The van der Waals surface area contributed by atoms with Crippen LogP contribution >= 0.6 is 203 Å². The number of nitrogens with zero attached hydrogens (tertiary/aromatic N) is 4. The normalized spacial score (nSPS) is 13.2. The van der Waals surface area contributed by atoms with Gasteiger partial charge >= 0.3 is 7.12 Å². The lowest BCUT2D eigenvalue weighted by atomic mass is 9.87. The predicted octanol–water partition coefficient (Wildman–Crippen LogP) is 41.4. The maximum absolute atomic E-state index is 11.1. The first kappa shape index (κ1) is 109. The first-order chi connectivity index (χ1) is 68.1. The third kappa shape index (κ3) is 25.3. The van der Waals surface area contributed by atoms with Crippen LogP contribution in [0.15, 0.2) is 179 Å². The van der Waals surface area contributed by atoms with Gasteiger partial charge in [0.1, 0.15) is 27.5 Å². The lowest BCUT2D eigenvalue weighted by Gasteiger charge is -2.32. The van der Waals surface area contributed by atoms with E-state index in [9.17, 15) is 9.59 Å². The second-order valence-electron chi connectivity index (χ2n) is 35.8. The molecule has 13 aromatic heterocycles. The minimum Gasteiger partial charge on any atom is -0.399 e. The first-order valence-electron chi connectivity index (χ1n) is 49.4. The van der Waals surface area contributed by atoms with Gasteiger partial charge in [0.2, 0.25) is 5.24 Å². The third-order valence-corrected chi connectivity index (χ3v) is 39.6. The fourth-order valence-electron chi connectivity index (χ4n) is 18.3. The highest BCUT2D eigenvalue weighted by Gasteiger charge is 2.52. The second kappa shape index (κ2) is 52.9. The Morgan fingerprint density at radius 1 is 0.357 bits per heavy atom. The van der Waals surface area contributed by atoms with Crippen LogP contribution in [0.5, 0.6) is 0 Å². The van der Waals surface area contributed by atoms with Crippen molar-refractivity contribution in [3.63, 3.8) is 0 Å². The summed E-state index contributed by atoms with van der Waals surface area (Å²) in [7, 11) is -0.273. The molecule has 1 saturated heterocycles. The fourth-order valence-corrected chi connectivity index (χ4v) is 32.3. The number of rotatable bonds is 30. The molecule has 0 unspecified atom stereocenters. The number of aryl methyl sites for hydroxylation is 8. The summed E-state index contributed by atoms with van der Waals surface area (Å²) in [5.41, 5.74) is 21.5. The fraction of sp³-hybridized carbons (Fsp3) is 0.368. The summed E-state index contributed by atoms with van der Waals surface area (Å²) in [4.78, 5) is 27.3. The van der Waals surface area contributed by atoms with Crippen molar-refractivity contribution in [3.8, 4) is 20.9 Å². The molecule has 0 amide bonds. The van der Waals surface area contributed by atoms with Crippen LogP contribution in [0.1, 0.15) is 277 Å². The molecule has 0 spiro atoms. The van der Waals surface area contributed by atoms with Crippen molar-refractivity contribution in [2.24, 2.45) is 0 Å². The van der Waals surface area contributed by atoms with E-state index in [1.807, 2.05) is 174 Å². The number of carbonyl (C=O) groups is 2. The largest absolute Gasteiger partial charge is 0.505 e. The molecule has 26 heteroatoms. The van der Waals surface area contributed by atoms with E-state index in [1.54, 1.807) is 67.4 Å². The number of ketones is 1. The molecule has 0 saturated carbocycles. The molecule has 0 aliphatic carbocycles. The van der Waals surface area contributed by atoms with Gasteiger partial charge in [-0.2, -0.15) is 17.5 Å². The summed E-state index contributed by atoms with van der Waals surface area (Å²) in [6, 6.07) is 39.9. The zero-order valence-electron chi connectivity index (χ0n) is 83.1. The van der Waals surface area contributed by atoms with Crippen molar-refractivity contribution in [2.45, 2.75) is 276 Å². The number of allylic oxidation sites excluding steroid dienone is 4. The maximum atomic E-state index is 11.1. The molecule has 0 N–H and O–H groups in total. The summed E-state index contributed by atoms with van der Waals surface area (Å²) >= 11 is 36.5. The van der Waals surface area contributed by atoms with Crippen molar-refractivity contribution >= 4 is 340 Å². The van der Waals surface area contributed by atoms with Gasteiger partial charge in [0, 0.05) is 138 Å². The molecule has 0 atom stereocenters. The van der Waals surface area contributed by atoms with Crippen molar-refractivity contribution in [2.75, 3.05) is 0 Å². The Balaban J connectivity index is 0.000000140. The Hall–Kier alpha value is -6.21. The number of benzene rings is 6. The summed E-state index contributed by atoms with van der Waals surface area (Å²) in [5, 5.41) is 33.6. The monoisotopic (exact) mass is 2270 g/mol. The number of halogens is 3. The Labute approximate surface area is 906 Å². The number of Topliss-reactive ketones (excluding diaryl/α,β-unsaturated/α-hetero) is 1. The number of carbonyl (C=O) groups excluding carboxylic acids is 2. The Bertz CT molecular complexity index is 7080. The Morgan fingerprint density at radius 2 is 0.679 bits per heavy atom. The molecule has 6 aromatic carbocycles. The first-order valence-corrected chi connectivity index (χ1v) is 63.2. The van der Waals surface area contributed by atoms with E-state index in [-0.39, 0.29) is 29.3 Å². The van der Waals surface area contributed by atoms with Gasteiger partial charge in [-0.3, -0.25) is 9.59 Å². The van der Waals surface area contributed by atoms with E-state index in [0.29, 0.717) is 12.8 Å². The van der Waals surface area contributed by atoms with Crippen molar-refractivity contribution in [1.82, 2.24) is 17.5 Å². The lowest BCUT2D eigenvalue weighted by molar-refractivity contribution is -0.111. The zero-order chi connectivity index (χ0) is 99.2. The molecule has 19 aromatic rings. The van der Waals surface area contributed by atoms with Gasteiger partial charge in [0.15, 0.2) is 11.9 Å². The molecular weight excluding hydrogens is 2140 g/mol. The van der Waals surface area contributed by atoms with E-state index in [4.69, 9.17) is 29.7 Å². The number of aromatic nitrogens is 4. The van der Waals surface area contributed by atoms with Gasteiger partial charge in [-0.25, -0.2) is 0 Å². The van der Waals surface area contributed by atoms with Crippen LogP contribution in [0.2, 0.25) is 0 Å². The molecule has 2 aliphatic rings. The standard InChI is InChI=1S/C38H36N2S5.C22H29BO2S2.C16H18S2.C16H20S2.C8H10OS.C6H2Br2N2S.C4H7ClO.C4H3S/c1-5-9-21-23(11-7-3)37-29(25-15-17-41-35(21)25)19-31(43-37)27-13-14-28(34-33(27)39-45-40-34)32-20-30-26-16-18-42-36(26)22(10-6-2)24(12-8-4)38(30)44-32;1-7-9-14-15(10-8-2)20-17(16-11-12-26-19(14)16)13-18(27-20)23-24-21(3,4)22(5,6)25-23;1-3-5-11-12(6-4-2)16-14(8-10-18-16)13-7-9-17-15(11)13;1-3-7-13(15-9-5-11-17-15)14(8-4-2)16-10-6-12-18-16;1-2-4-7(9)8-5-3-6-10-8;7-3-1-2-4(8)6-5(3)9-11-10-6;1-2-3-4(5)6;1-2-4-5-3-1/h13-20H,5-12H2,1-4H3;11-13H,7-10H2,1-6H3;7-10H,3-6H2,1-2H3;5-6,9-12H,3-4,7-8H2,1-2H3;3,5-6H,2,4H2,1H3;1-2H;2-3H2,1H3;1-3H/q;;;;;;;+1/b;;;14-13+;;;;. The smallest absolute Gasteiger partial charge is 0.399 e. The quantitative estimate of drug-likeness (QED) is 0.0188. The van der Waals surface area contributed by atoms with Crippen LogP contribution in [0, 0.1) is 5.41 Å². The van der Waals surface area contributed by atoms with Crippen LogP contribution in [-0.2, 0) is 65.5 Å². The molecule has 1 fully saturated rings. The summed E-state index contributed by atoms with van der Waals surface area (Å²) in [6.07, 6.45) is 30.5. The van der Waals surface area contributed by atoms with Gasteiger partial charge < -0.3 is 9.31 Å². The average molecular weight is 2270 g/mol. The van der Waals surface area contributed by atoms with Crippen LogP contribution in [0.25, 0.3) is 135 Å². The molecule has 0 radical (unpaired) electrons. The van der Waals surface area contributed by atoms with Gasteiger partial charge in [-0.1, -0.05) is 178 Å². The number of fused-ring (bicyclic) bond motifs is 14. The topological polar surface area (TPSA) is 104 Å². The average Bonchev–Trinajstić information content (AvgIpc) is 1.59. The molecular formula is C114H125BBr2ClN4O4S14+. The molecule has 2 aliphatic heterocycles. The van der Waals surface area contributed by atoms with E-state index in [0.717, 1.165) is 100 Å². The van der Waals surface area contributed by atoms with Crippen molar-refractivity contribution in [1.29, 1.82) is 0 Å². The van der Waals surface area contributed by atoms with E-state index in [2.05, 4.69) is 266 Å². The minimum atomic E-state index is -0.300. The number of hydrogen-bond donors (Lipinski definition) is 0. The molecule has 15 heterocycles. The molecule has 140 heavy (non-hydrogen) atoms. The zero-order valence-corrected chi connectivity index (χ0v) is 98.4. The number of hydrogen-bond acceptors (Lipinski definition) is 22. The third-order valence-electron chi connectivity index (χ3n) is 25.2. The van der Waals surface area contributed by atoms with Crippen LogP contribution in [0.3, 0.4) is 0 Å². The lowest BCUT2D eigenvalue weighted by Crippen LogP contribution is -2.41. The SMILES string of the molecule is Brc1ccc(Br)c2nsnc12.CCC/C(=C(/CCC)c1cccs1)c1cccs1.CCCC(=O)Cl.CCCC(=O)c1cccs1.CCCc1c(CCC)c2sc(-c3ccc(-c4cc5c(s4)c(CCC)c(CCC)c4sccc45)c4nsnc34)cc2c2ccsc12.CCCc1c(CCC)c2sc(B3OC(C)(C)C(C)(C)O3)cc2c2ccsc12.CCCc1c(CCC)c2sccc2c2ccsc12.[C+]1=CC=CS1. The van der Waals surface area contributed by atoms with Crippen molar-refractivity contribution in [3.05, 3.63) is 243 Å². The predicted molar refractivity (Wildman–Crippen MR) is 644 cm³/mol. The molecule has 21 rings (SSSR count). The van der Waals surface area contributed by atoms with E-state index in [1.165, 1.54) is 228 Å². The van der Waals surface area contributed by atoms with Gasteiger partial charge in [-0.05, 0) is 326 Å². The van der Waals surface area contributed by atoms with Gasteiger partial charge in [0.25, 0.3) is 0 Å². The highest BCUT2D eigenvalue weighted by molar-refractivity contribution is 9.11. The summed E-state index contributed by atoms with van der Waals surface area (Å²) in [6.45, 7) is 35.3. The molecule has 0 bridgehead atoms. The van der Waals surface area contributed by atoms with E-state index < -0.39 is 0 Å². The summed E-state index contributed by atoms with van der Waals surface area (Å²) < 4.78 is 45.9. The van der Waals surface area contributed by atoms with Gasteiger partial charge in [-0.15, -0.1) is 125 Å². The minimum absolute atomic E-state index is 0.238. The van der Waals surface area contributed by atoms with Crippen molar-refractivity contribution < 1.29 is 18.9 Å². The number of thioether (sulfide) groups is 1. The Kier molecular flexibility index (Phi) is 41.4. The summed E-state index contributed by atoms with van der Waals surface area (Å²) in [5.74, 6) is 0.275. The van der Waals surface area contributed by atoms with Crippen LogP contribution in [-0.4, -0.2) is 46.8 Å². The Morgan fingerprint density at radius 3 is 0.971 bits per heavy atom. The van der Waals surface area contributed by atoms with Crippen LogP contribution in [0.4, 0.5) is 0 Å². The van der Waals surface area contributed by atoms with Gasteiger partial charge in [0.05, 0.1) is 62.8 Å². The molecule has 8 nitrogen and oxygen atoms in total. The maximum Gasteiger partial charge on any atom is 0.505 e. The molecule has 732 valence electrons. The number of thiophene rings is 11. The second-order valence-corrected chi connectivity index (χ2v) is 50.4. The highest BCUT2D eigenvalue weighted by Crippen LogP contribution is 2.51.